The molecule has 3 aromatic rings. The van der Waals surface area contributed by atoms with Gasteiger partial charge in [0.2, 0.25) is 10.0 Å². The van der Waals surface area contributed by atoms with Gasteiger partial charge in [-0.1, -0.05) is 23.7 Å². The molecule has 0 aliphatic rings. The number of fused-ring (bicyclic) bond motifs is 1. The maximum atomic E-state index is 12.8. The SMILES string of the molecule is Cc1c(Cc2cccc(S(=O)(=O)N(C)CCC(=O)O)c2)c(=O)oc2cc(OC(=O)N(C)C)c(Cl)cc12. The summed E-state index contributed by atoms with van der Waals surface area (Å²) in [6.07, 6.45) is -0.887. The van der Waals surface area contributed by atoms with Crippen LogP contribution in [0.1, 0.15) is 23.1 Å². The van der Waals surface area contributed by atoms with Crippen molar-refractivity contribution in [1.82, 2.24) is 9.21 Å². The molecule has 2 aromatic carbocycles. The van der Waals surface area contributed by atoms with Crippen LogP contribution in [0.5, 0.6) is 5.75 Å². The number of hydrogen-bond acceptors (Lipinski definition) is 7. The van der Waals surface area contributed by atoms with Crippen LogP contribution < -0.4 is 10.4 Å². The number of carbonyl (C=O) groups excluding carboxylic acids is 1. The summed E-state index contributed by atoms with van der Waals surface area (Å²) in [5.41, 5.74) is 0.994. The van der Waals surface area contributed by atoms with Crippen molar-refractivity contribution in [2.75, 3.05) is 27.7 Å². The van der Waals surface area contributed by atoms with Gasteiger partial charge >= 0.3 is 17.7 Å². The molecule has 0 saturated heterocycles. The fourth-order valence-corrected chi connectivity index (χ4v) is 4.88. The van der Waals surface area contributed by atoms with Crippen LogP contribution in [0, 0.1) is 6.92 Å². The quantitative estimate of drug-likeness (QED) is 0.432. The van der Waals surface area contributed by atoms with Gasteiger partial charge in [0.1, 0.15) is 5.58 Å². The zero-order chi connectivity index (χ0) is 26.8. The third-order valence-electron chi connectivity index (χ3n) is 5.53. The number of rotatable bonds is 8. The molecule has 1 aromatic heterocycles. The fraction of sp³-hybridized carbons (Fsp3) is 0.292. The second-order valence-corrected chi connectivity index (χ2v) is 10.8. The Kier molecular flexibility index (Phi) is 8.07. The van der Waals surface area contributed by atoms with Gasteiger partial charge < -0.3 is 19.2 Å². The van der Waals surface area contributed by atoms with Crippen LogP contribution >= 0.6 is 11.6 Å². The van der Waals surface area contributed by atoms with Gasteiger partial charge in [-0.15, -0.1) is 0 Å². The highest BCUT2D eigenvalue weighted by atomic mass is 35.5. The van der Waals surface area contributed by atoms with Gasteiger partial charge in [0.15, 0.2) is 5.75 Å². The van der Waals surface area contributed by atoms with Crippen molar-refractivity contribution in [3.63, 3.8) is 0 Å². The Morgan fingerprint density at radius 1 is 1.14 bits per heavy atom. The zero-order valence-corrected chi connectivity index (χ0v) is 21.6. The van der Waals surface area contributed by atoms with Crippen molar-refractivity contribution in [2.45, 2.75) is 24.7 Å². The number of carboxylic acids is 1. The predicted molar refractivity (Wildman–Crippen MR) is 133 cm³/mol. The van der Waals surface area contributed by atoms with E-state index in [1.807, 2.05) is 0 Å². The van der Waals surface area contributed by atoms with Gasteiger partial charge in [0.25, 0.3) is 0 Å². The highest BCUT2D eigenvalue weighted by molar-refractivity contribution is 7.89. The lowest BCUT2D eigenvalue weighted by Gasteiger charge is -2.17. The number of ether oxygens (including phenoxy) is 1. The van der Waals surface area contributed by atoms with Gasteiger partial charge in [-0.05, 0) is 36.2 Å². The van der Waals surface area contributed by atoms with E-state index in [1.165, 1.54) is 50.3 Å². The Balaban J connectivity index is 1.96. The van der Waals surface area contributed by atoms with E-state index in [-0.39, 0.29) is 40.6 Å². The van der Waals surface area contributed by atoms with Crippen LogP contribution in [0.3, 0.4) is 0 Å². The Bertz CT molecular complexity index is 1500. The van der Waals surface area contributed by atoms with Gasteiger partial charge in [-0.3, -0.25) is 4.79 Å². The third kappa shape index (κ3) is 5.86. The maximum Gasteiger partial charge on any atom is 0.414 e. The molecule has 36 heavy (non-hydrogen) atoms. The highest BCUT2D eigenvalue weighted by Gasteiger charge is 2.22. The first kappa shape index (κ1) is 27.2. The lowest BCUT2D eigenvalue weighted by atomic mass is 9.99. The summed E-state index contributed by atoms with van der Waals surface area (Å²) < 4.78 is 37.3. The number of aliphatic carboxylic acids is 1. The second kappa shape index (κ2) is 10.7. The van der Waals surface area contributed by atoms with Crippen molar-refractivity contribution in [3.8, 4) is 5.75 Å². The van der Waals surface area contributed by atoms with Crippen molar-refractivity contribution >= 4 is 44.7 Å². The van der Waals surface area contributed by atoms with E-state index in [2.05, 4.69) is 0 Å². The van der Waals surface area contributed by atoms with Crippen molar-refractivity contribution in [1.29, 1.82) is 0 Å². The number of nitrogens with zero attached hydrogens (tertiary/aromatic N) is 2. The van der Waals surface area contributed by atoms with E-state index < -0.39 is 27.7 Å². The zero-order valence-electron chi connectivity index (χ0n) is 20.1. The van der Waals surface area contributed by atoms with Crippen LogP contribution in [0.15, 0.2) is 50.5 Å². The number of aryl methyl sites for hydroxylation is 1. The van der Waals surface area contributed by atoms with Crippen molar-refractivity contribution < 1.29 is 32.3 Å². The number of carboxylic acid groups (broad SMARTS) is 1. The highest BCUT2D eigenvalue weighted by Crippen LogP contribution is 2.32. The molecule has 0 atom stereocenters. The Morgan fingerprint density at radius 3 is 2.47 bits per heavy atom. The summed E-state index contributed by atoms with van der Waals surface area (Å²) in [7, 11) is 0.414. The predicted octanol–water partition coefficient (Wildman–Crippen LogP) is 3.50. The third-order valence-corrected chi connectivity index (χ3v) is 7.68. The van der Waals surface area contributed by atoms with E-state index >= 15 is 0 Å². The summed E-state index contributed by atoms with van der Waals surface area (Å²) in [5.74, 6) is -1.06. The second-order valence-electron chi connectivity index (χ2n) is 8.33. The van der Waals surface area contributed by atoms with Gasteiger partial charge in [-0.25, -0.2) is 22.3 Å². The van der Waals surface area contributed by atoms with Gasteiger partial charge in [0.05, 0.1) is 16.3 Å². The molecule has 0 spiro atoms. The van der Waals surface area contributed by atoms with E-state index in [4.69, 9.17) is 25.9 Å². The molecular weight excluding hydrogens is 512 g/mol. The van der Waals surface area contributed by atoms with E-state index in [1.54, 1.807) is 19.1 Å². The first-order chi connectivity index (χ1) is 16.8. The van der Waals surface area contributed by atoms with Gasteiger partial charge in [0, 0.05) is 51.1 Å². The number of halogens is 1. The topological polar surface area (TPSA) is 134 Å². The van der Waals surface area contributed by atoms with Gasteiger partial charge in [-0.2, -0.15) is 0 Å². The van der Waals surface area contributed by atoms with Crippen LogP contribution in [0.25, 0.3) is 11.0 Å². The molecule has 10 nitrogen and oxygen atoms in total. The molecule has 0 saturated carbocycles. The summed E-state index contributed by atoms with van der Waals surface area (Å²) in [5, 5.41) is 9.52. The molecule has 0 fully saturated rings. The fourth-order valence-electron chi connectivity index (χ4n) is 3.43. The molecule has 0 bridgehead atoms. The van der Waals surface area contributed by atoms with Crippen LogP contribution in [-0.4, -0.2) is 62.5 Å². The number of benzene rings is 2. The summed E-state index contributed by atoms with van der Waals surface area (Å²) in [6, 6.07) is 8.98. The van der Waals surface area contributed by atoms with Crippen molar-refractivity contribution in [2.24, 2.45) is 0 Å². The monoisotopic (exact) mass is 536 g/mol. The molecule has 0 radical (unpaired) electrons. The standard InChI is InChI=1S/C24H25ClN2O8S/c1-14-17-12-19(25)21(35-24(31)26(2)3)13-20(17)34-23(30)18(14)11-15-6-5-7-16(10-15)36(32,33)27(4)9-8-22(28)29/h5-7,10,12-13H,8-9,11H2,1-4H3,(H,28,29). The minimum Gasteiger partial charge on any atom is -0.481 e. The summed E-state index contributed by atoms with van der Waals surface area (Å²) >= 11 is 6.30. The molecular formula is C24H25ClN2O8S. The van der Waals surface area contributed by atoms with Crippen LogP contribution in [0.4, 0.5) is 4.79 Å². The number of sulfonamides is 1. The molecule has 0 unspecified atom stereocenters. The first-order valence-electron chi connectivity index (χ1n) is 10.7. The molecule has 1 N–H and O–H groups in total. The Hall–Kier alpha value is -3.41. The van der Waals surface area contributed by atoms with Crippen molar-refractivity contribution in [3.05, 3.63) is 68.5 Å². The van der Waals surface area contributed by atoms with Crippen LogP contribution in [0.2, 0.25) is 5.02 Å². The molecule has 1 heterocycles. The smallest absolute Gasteiger partial charge is 0.414 e. The minimum atomic E-state index is -3.92. The largest absolute Gasteiger partial charge is 0.481 e. The first-order valence-corrected chi connectivity index (χ1v) is 12.5. The Morgan fingerprint density at radius 2 is 1.83 bits per heavy atom. The molecule has 192 valence electrons. The lowest BCUT2D eigenvalue weighted by molar-refractivity contribution is -0.137. The summed E-state index contributed by atoms with van der Waals surface area (Å²) in [4.78, 5) is 36.7. The average Bonchev–Trinajstić information content (AvgIpc) is 2.81. The molecule has 12 heteroatoms. The molecule has 0 aliphatic heterocycles. The number of hydrogen-bond donors (Lipinski definition) is 1. The molecule has 0 aliphatic carbocycles. The number of carbonyl (C=O) groups is 2. The molecule has 1 amide bonds. The molecule has 3 rings (SSSR count). The average molecular weight is 537 g/mol. The number of amides is 1. The maximum absolute atomic E-state index is 12.8. The van der Waals surface area contributed by atoms with E-state index in [0.29, 0.717) is 22.1 Å². The lowest BCUT2D eigenvalue weighted by Crippen LogP contribution is -2.29. The summed E-state index contributed by atoms with van der Waals surface area (Å²) in [6.45, 7) is 1.54. The van der Waals surface area contributed by atoms with E-state index in [0.717, 1.165) is 4.31 Å². The minimum absolute atomic E-state index is 0.0221. The van der Waals surface area contributed by atoms with E-state index in [9.17, 15) is 22.8 Å². The normalized spacial score (nSPS) is 11.6. The van der Waals surface area contributed by atoms with Crippen LogP contribution in [-0.2, 0) is 21.2 Å². The Labute approximate surface area is 212 Å².